The first-order chi connectivity index (χ1) is 14.6. The van der Waals surface area contributed by atoms with Gasteiger partial charge in [0.05, 0.1) is 17.4 Å². The zero-order valence-electron chi connectivity index (χ0n) is 16.6. The molecule has 3 aromatic rings. The molecule has 0 aromatic heterocycles. The second-order valence-corrected chi connectivity index (χ2v) is 7.37. The zero-order chi connectivity index (χ0) is 20.9. The molecule has 0 saturated carbocycles. The number of likely N-dealkylation sites (tertiary alicyclic amines) is 1. The minimum atomic E-state index is -0.273. The molecule has 1 saturated heterocycles. The lowest BCUT2D eigenvalue weighted by atomic mass is 10.2. The van der Waals surface area contributed by atoms with Crippen LogP contribution in [0.3, 0.4) is 0 Å². The molecule has 0 radical (unpaired) electrons. The minimum absolute atomic E-state index is 0.0444. The number of carbonyl (C=O) groups excluding carboxylic acids is 2. The summed E-state index contributed by atoms with van der Waals surface area (Å²) in [4.78, 5) is 29.1. The van der Waals surface area contributed by atoms with Gasteiger partial charge in [0.2, 0.25) is 5.91 Å². The second kappa shape index (κ2) is 8.69. The Labute approximate surface area is 175 Å². The number of hydrogen-bond donors (Lipinski definition) is 2. The van der Waals surface area contributed by atoms with Crippen LogP contribution in [0.15, 0.2) is 84.9 Å². The van der Waals surface area contributed by atoms with Crippen LogP contribution in [0.2, 0.25) is 0 Å². The lowest BCUT2D eigenvalue weighted by Crippen LogP contribution is -2.44. The lowest BCUT2D eigenvalue weighted by molar-refractivity contribution is -0.128. The smallest absolute Gasteiger partial charge is 0.326 e. The molecule has 1 heterocycles. The highest BCUT2D eigenvalue weighted by Crippen LogP contribution is 2.26. The third kappa shape index (κ3) is 4.43. The summed E-state index contributed by atoms with van der Waals surface area (Å²) in [5.41, 5.74) is 8.96. The van der Waals surface area contributed by atoms with Crippen LogP contribution < -0.4 is 16.0 Å². The van der Waals surface area contributed by atoms with E-state index in [2.05, 4.69) is 5.32 Å². The van der Waals surface area contributed by atoms with E-state index in [9.17, 15) is 9.59 Å². The molecule has 0 aliphatic carbocycles. The number of carbonyl (C=O) groups is 2. The maximum atomic E-state index is 13.2. The first kappa shape index (κ1) is 19.5. The number of hydrogen-bond acceptors (Lipinski definition) is 3. The summed E-state index contributed by atoms with van der Waals surface area (Å²) >= 11 is 0. The van der Waals surface area contributed by atoms with E-state index in [0.29, 0.717) is 30.9 Å². The van der Waals surface area contributed by atoms with Crippen molar-refractivity contribution in [1.82, 2.24) is 10.2 Å². The molecule has 30 heavy (non-hydrogen) atoms. The first-order valence-corrected chi connectivity index (χ1v) is 9.93. The average Bonchev–Trinajstić information content (AvgIpc) is 3.09. The highest BCUT2D eigenvalue weighted by Gasteiger charge is 2.32. The van der Waals surface area contributed by atoms with Crippen molar-refractivity contribution in [3.05, 3.63) is 90.5 Å². The van der Waals surface area contributed by atoms with E-state index in [4.69, 9.17) is 5.73 Å². The van der Waals surface area contributed by atoms with Gasteiger partial charge >= 0.3 is 6.03 Å². The molecule has 3 aromatic carbocycles. The van der Waals surface area contributed by atoms with Crippen LogP contribution in [0, 0.1) is 0 Å². The minimum Gasteiger partial charge on any atom is -0.399 e. The van der Waals surface area contributed by atoms with Gasteiger partial charge in [-0.1, -0.05) is 48.5 Å². The van der Waals surface area contributed by atoms with E-state index in [-0.39, 0.29) is 18.0 Å². The van der Waals surface area contributed by atoms with Crippen molar-refractivity contribution in [2.24, 2.45) is 0 Å². The van der Waals surface area contributed by atoms with E-state index in [1.54, 1.807) is 21.9 Å². The third-order valence-electron chi connectivity index (χ3n) is 5.13. The summed E-state index contributed by atoms with van der Waals surface area (Å²) in [7, 11) is 0. The number of para-hydroxylation sites is 1. The van der Waals surface area contributed by atoms with Crippen LogP contribution in [-0.4, -0.2) is 29.4 Å². The second-order valence-electron chi connectivity index (χ2n) is 7.37. The van der Waals surface area contributed by atoms with Crippen LogP contribution in [0.5, 0.6) is 0 Å². The van der Waals surface area contributed by atoms with Crippen molar-refractivity contribution in [2.45, 2.75) is 19.0 Å². The number of nitrogens with one attached hydrogen (secondary N) is 1. The normalized spacial score (nSPS) is 15.8. The van der Waals surface area contributed by atoms with Gasteiger partial charge in [-0.2, -0.15) is 0 Å². The van der Waals surface area contributed by atoms with Gasteiger partial charge in [0.15, 0.2) is 0 Å². The zero-order valence-corrected chi connectivity index (χ0v) is 16.6. The monoisotopic (exact) mass is 400 g/mol. The van der Waals surface area contributed by atoms with Gasteiger partial charge in [0.1, 0.15) is 0 Å². The molecule has 1 unspecified atom stereocenters. The van der Waals surface area contributed by atoms with Crippen LogP contribution in [0.4, 0.5) is 21.9 Å². The molecule has 152 valence electrons. The summed E-state index contributed by atoms with van der Waals surface area (Å²) in [5, 5.41) is 3.03. The Morgan fingerprint density at radius 3 is 2.20 bits per heavy atom. The van der Waals surface area contributed by atoms with Crippen molar-refractivity contribution in [3.63, 3.8) is 0 Å². The topological polar surface area (TPSA) is 78.7 Å². The Morgan fingerprint density at radius 1 is 0.933 bits per heavy atom. The fourth-order valence-corrected chi connectivity index (χ4v) is 3.65. The van der Waals surface area contributed by atoms with E-state index in [0.717, 1.165) is 11.3 Å². The van der Waals surface area contributed by atoms with Gasteiger partial charge in [0, 0.05) is 25.2 Å². The molecule has 3 amide bonds. The van der Waals surface area contributed by atoms with Gasteiger partial charge in [-0.25, -0.2) is 4.79 Å². The van der Waals surface area contributed by atoms with Crippen LogP contribution in [0.25, 0.3) is 0 Å². The predicted molar refractivity (Wildman–Crippen MR) is 118 cm³/mol. The molecule has 1 aliphatic rings. The van der Waals surface area contributed by atoms with Crippen molar-refractivity contribution in [2.75, 3.05) is 17.2 Å². The molecule has 0 bridgehead atoms. The van der Waals surface area contributed by atoms with Crippen molar-refractivity contribution < 1.29 is 9.59 Å². The summed E-state index contributed by atoms with van der Waals surface area (Å²) in [5.74, 6) is 0.0444. The van der Waals surface area contributed by atoms with E-state index in [1.807, 2.05) is 72.8 Å². The summed E-state index contributed by atoms with van der Waals surface area (Å²) < 4.78 is 0. The van der Waals surface area contributed by atoms with Gasteiger partial charge in [-0.05, 0) is 42.0 Å². The van der Waals surface area contributed by atoms with Crippen molar-refractivity contribution in [3.8, 4) is 0 Å². The molecule has 1 atom stereocenters. The largest absolute Gasteiger partial charge is 0.399 e. The van der Waals surface area contributed by atoms with Gasteiger partial charge in [-0.15, -0.1) is 0 Å². The Balaban J connectivity index is 1.49. The fourth-order valence-electron chi connectivity index (χ4n) is 3.65. The van der Waals surface area contributed by atoms with Gasteiger partial charge in [0.25, 0.3) is 0 Å². The molecule has 6 nitrogen and oxygen atoms in total. The number of nitrogens with zero attached hydrogens (tertiary/aromatic N) is 2. The van der Waals surface area contributed by atoms with Crippen molar-refractivity contribution in [1.29, 1.82) is 0 Å². The van der Waals surface area contributed by atoms with Gasteiger partial charge < -0.3 is 16.0 Å². The number of urea groups is 1. The number of nitrogens with two attached hydrogens (primary N) is 1. The maximum Gasteiger partial charge on any atom is 0.326 e. The Kier molecular flexibility index (Phi) is 5.66. The molecular formula is C24H24N4O2. The Morgan fingerprint density at radius 2 is 1.53 bits per heavy atom. The van der Waals surface area contributed by atoms with Crippen LogP contribution in [0.1, 0.15) is 12.0 Å². The molecule has 0 spiro atoms. The highest BCUT2D eigenvalue weighted by atomic mass is 16.2. The molecule has 1 aliphatic heterocycles. The van der Waals surface area contributed by atoms with Crippen LogP contribution >= 0.6 is 0 Å². The van der Waals surface area contributed by atoms with E-state index in [1.165, 1.54) is 0 Å². The SMILES string of the molecule is Nc1ccc(N(C(=O)NC2CC(=O)N(Cc3ccccc3)C2)c2ccccc2)cc1. The Hall–Kier alpha value is -3.80. The summed E-state index contributed by atoms with van der Waals surface area (Å²) in [6.07, 6.45) is 0.295. The summed E-state index contributed by atoms with van der Waals surface area (Å²) in [6, 6.07) is 25.9. The number of amides is 3. The molecule has 3 N–H and O–H groups in total. The highest BCUT2D eigenvalue weighted by molar-refractivity contribution is 6.00. The molecule has 1 fully saturated rings. The maximum absolute atomic E-state index is 13.2. The molecular weight excluding hydrogens is 376 g/mol. The van der Waals surface area contributed by atoms with Crippen molar-refractivity contribution >= 4 is 29.0 Å². The first-order valence-electron chi connectivity index (χ1n) is 9.93. The fraction of sp³-hybridized carbons (Fsp3) is 0.167. The van der Waals surface area contributed by atoms with Gasteiger partial charge in [-0.3, -0.25) is 9.69 Å². The van der Waals surface area contributed by atoms with E-state index < -0.39 is 0 Å². The van der Waals surface area contributed by atoms with E-state index >= 15 is 0 Å². The molecule has 6 heteroatoms. The number of anilines is 3. The summed E-state index contributed by atoms with van der Waals surface area (Å²) in [6.45, 7) is 1.04. The number of nitrogen functional groups attached to an aromatic ring is 1. The van der Waals surface area contributed by atoms with Crippen LogP contribution in [-0.2, 0) is 11.3 Å². The lowest BCUT2D eigenvalue weighted by Gasteiger charge is -2.25. The average molecular weight is 400 g/mol. The standard InChI is InChI=1S/C24H24N4O2/c25-19-11-13-22(14-12-19)28(21-9-5-2-6-10-21)24(30)26-20-15-23(29)27(17-20)16-18-7-3-1-4-8-18/h1-14,20H,15-17,25H2,(H,26,30). The number of rotatable bonds is 5. The predicted octanol–water partition coefficient (Wildman–Crippen LogP) is 3.92. The third-order valence-corrected chi connectivity index (χ3v) is 5.13. The quantitative estimate of drug-likeness (QED) is 0.637. The molecule has 4 rings (SSSR count). The number of benzene rings is 3. The Bertz CT molecular complexity index is 1010.